The molecule has 0 bridgehead atoms. The molecule has 0 radical (unpaired) electrons. The van der Waals surface area contributed by atoms with Gasteiger partial charge in [-0.2, -0.15) is 4.98 Å². The average molecular weight is 1110 g/mol. The predicted molar refractivity (Wildman–Crippen MR) is 306 cm³/mol. The van der Waals surface area contributed by atoms with Gasteiger partial charge in [0.05, 0.1) is 86.3 Å². The number of carbonyl (C=O) groups excluding carboxylic acids is 4. The van der Waals surface area contributed by atoms with Gasteiger partial charge in [-0.15, -0.1) is 11.3 Å². The molecule has 1 saturated carbocycles. The molecule has 8 rings (SSSR count). The van der Waals surface area contributed by atoms with Crippen molar-refractivity contribution in [3.63, 3.8) is 0 Å². The molecule has 20 nitrogen and oxygen atoms in total. The Hall–Kier alpha value is -5.81. The fourth-order valence-electron chi connectivity index (χ4n) is 11.1. The van der Waals surface area contributed by atoms with Gasteiger partial charge in [0.2, 0.25) is 23.7 Å². The number of aliphatic hydroxyl groups excluding tert-OH is 1. The van der Waals surface area contributed by atoms with Crippen molar-refractivity contribution >= 4 is 58.1 Å². The smallest absolute Gasteiger partial charge is 0.251 e. The Morgan fingerprint density at radius 1 is 0.924 bits per heavy atom. The number of nitrogens with one attached hydrogen (secondary N) is 4. The maximum absolute atomic E-state index is 13.7. The summed E-state index contributed by atoms with van der Waals surface area (Å²) in [6.45, 7) is 17.1. The Kier molecular flexibility index (Phi) is 20.7. The number of fused-ring (bicyclic) bond motifs is 1. The lowest BCUT2D eigenvalue weighted by atomic mass is 9.86. The summed E-state index contributed by atoms with van der Waals surface area (Å²) in [6.07, 6.45) is 8.04. The average Bonchev–Trinajstić information content (AvgIpc) is 4.36. The van der Waals surface area contributed by atoms with E-state index >= 15 is 0 Å². The van der Waals surface area contributed by atoms with Crippen molar-refractivity contribution in [2.45, 2.75) is 135 Å². The van der Waals surface area contributed by atoms with E-state index in [1.807, 2.05) is 64.1 Å². The van der Waals surface area contributed by atoms with Gasteiger partial charge in [0.1, 0.15) is 24.1 Å². The number of methoxy groups -OCH3 is 1. The number of likely N-dealkylation sites (N-methyl/N-ethyl adjacent to an activating group) is 1. The number of aromatic nitrogens is 3. The Morgan fingerprint density at radius 2 is 1.63 bits per heavy atom. The second-order valence-corrected chi connectivity index (χ2v) is 23.3. The zero-order chi connectivity index (χ0) is 56.2. The highest BCUT2D eigenvalue weighted by atomic mass is 32.1. The van der Waals surface area contributed by atoms with Gasteiger partial charge in [-0.25, -0.2) is 9.97 Å². The normalized spacial score (nSPS) is 20.3. The van der Waals surface area contributed by atoms with Crippen molar-refractivity contribution in [1.29, 1.82) is 0 Å². The number of rotatable bonds is 25. The zero-order valence-electron chi connectivity index (χ0n) is 47.4. The van der Waals surface area contributed by atoms with E-state index in [-0.39, 0.29) is 72.5 Å². The summed E-state index contributed by atoms with van der Waals surface area (Å²) in [5.41, 5.74) is 6.39. The van der Waals surface area contributed by atoms with E-state index in [2.05, 4.69) is 53.2 Å². The summed E-state index contributed by atoms with van der Waals surface area (Å²) in [7, 11) is 3.36. The molecule has 4 aliphatic rings. The van der Waals surface area contributed by atoms with Crippen LogP contribution in [0.3, 0.4) is 0 Å². The van der Waals surface area contributed by atoms with Crippen molar-refractivity contribution < 1.29 is 43.2 Å². The summed E-state index contributed by atoms with van der Waals surface area (Å²) in [5, 5.41) is 23.5. The van der Waals surface area contributed by atoms with Gasteiger partial charge < -0.3 is 60.0 Å². The van der Waals surface area contributed by atoms with Crippen LogP contribution in [0, 0.1) is 12.3 Å². The van der Waals surface area contributed by atoms with Crippen LogP contribution in [-0.4, -0.2) is 176 Å². The first-order valence-electron chi connectivity index (χ1n) is 28.2. The molecule has 430 valence electrons. The number of aliphatic hydroxyl groups is 1. The molecule has 5 N–H and O–H groups in total. The highest BCUT2D eigenvalue weighted by Gasteiger charge is 2.42. The van der Waals surface area contributed by atoms with Crippen LogP contribution in [0.25, 0.3) is 10.4 Å². The van der Waals surface area contributed by atoms with Crippen LogP contribution in [0.15, 0.2) is 54.2 Å². The highest BCUT2D eigenvalue weighted by molar-refractivity contribution is 7.13. The predicted octanol–water partition coefficient (Wildman–Crippen LogP) is 6.25. The number of amides is 4. The lowest BCUT2D eigenvalue weighted by molar-refractivity contribution is -0.128. The molecular weight excluding hydrogens is 1030 g/mol. The quantitative estimate of drug-likeness (QED) is 0.0463. The van der Waals surface area contributed by atoms with Crippen molar-refractivity contribution in [1.82, 2.24) is 40.7 Å². The van der Waals surface area contributed by atoms with Gasteiger partial charge in [-0.05, 0) is 87.1 Å². The molecule has 0 unspecified atom stereocenters. The molecule has 79 heavy (non-hydrogen) atoms. The summed E-state index contributed by atoms with van der Waals surface area (Å²) in [4.78, 5) is 76.8. The number of thiazole rings is 1. The monoisotopic (exact) mass is 1110 g/mol. The Bertz CT molecular complexity index is 2670. The summed E-state index contributed by atoms with van der Waals surface area (Å²) in [6, 6.07) is 12.4. The first-order valence-corrected chi connectivity index (χ1v) is 29.1. The number of carbonyl (C=O) groups is 4. The summed E-state index contributed by atoms with van der Waals surface area (Å²) >= 11 is 1.60. The van der Waals surface area contributed by atoms with Gasteiger partial charge in [-0.1, -0.05) is 64.8 Å². The fraction of sp³-hybridized carbons (Fsp3) is 0.603. The number of likely N-dealkylation sites (tertiary alicyclic amines) is 2. The van der Waals surface area contributed by atoms with Crippen molar-refractivity contribution in [2.24, 2.45) is 5.41 Å². The molecule has 3 aliphatic heterocycles. The third-order valence-electron chi connectivity index (χ3n) is 15.8. The molecule has 4 aromatic rings. The van der Waals surface area contributed by atoms with Crippen molar-refractivity contribution in [3.8, 4) is 16.2 Å². The van der Waals surface area contributed by atoms with Gasteiger partial charge in [-0.3, -0.25) is 24.1 Å². The number of hydrogen-bond donors (Lipinski definition) is 5. The number of aryl methyl sites for hydroxylation is 1. The fourth-order valence-corrected chi connectivity index (χ4v) is 11.9. The molecule has 5 atom stereocenters. The van der Waals surface area contributed by atoms with Crippen LogP contribution < -0.4 is 35.8 Å². The lowest BCUT2D eigenvalue weighted by Crippen LogP contribution is -2.55. The van der Waals surface area contributed by atoms with Crippen LogP contribution in [0.5, 0.6) is 5.75 Å². The number of β-amino-alcohol motifs (C(OH)–C–C–N with tert-alkyl or cyclic N) is 1. The van der Waals surface area contributed by atoms with Crippen molar-refractivity contribution in [2.75, 3.05) is 102 Å². The first-order chi connectivity index (χ1) is 38.0. The molecular formula is C58H83N11O9S. The van der Waals surface area contributed by atoms with E-state index in [4.69, 9.17) is 23.9 Å². The van der Waals surface area contributed by atoms with Crippen LogP contribution in [0.2, 0.25) is 0 Å². The first kappa shape index (κ1) is 59.3. The van der Waals surface area contributed by atoms with Gasteiger partial charge in [0.25, 0.3) is 5.91 Å². The van der Waals surface area contributed by atoms with E-state index in [0.29, 0.717) is 81.0 Å². The third kappa shape index (κ3) is 15.4. The molecule has 2 aromatic carbocycles. The van der Waals surface area contributed by atoms with Crippen LogP contribution in [-0.2, 0) is 28.6 Å². The molecule has 4 amide bonds. The molecule has 2 aromatic heterocycles. The Morgan fingerprint density at radius 3 is 2.30 bits per heavy atom. The Balaban J connectivity index is 0.682. The molecule has 2 saturated heterocycles. The molecule has 0 spiro atoms. The number of benzene rings is 2. The molecule has 3 fully saturated rings. The lowest BCUT2D eigenvalue weighted by Gasteiger charge is -2.43. The summed E-state index contributed by atoms with van der Waals surface area (Å²) in [5.74, 6) is 1.12. The number of piperidine rings is 1. The van der Waals surface area contributed by atoms with Crippen molar-refractivity contribution in [3.05, 3.63) is 71.0 Å². The van der Waals surface area contributed by atoms with Gasteiger partial charge >= 0.3 is 0 Å². The highest BCUT2D eigenvalue weighted by Crippen LogP contribution is 2.41. The molecule has 21 heteroatoms. The molecule has 5 heterocycles. The second kappa shape index (κ2) is 27.6. The topological polar surface area (TPSA) is 225 Å². The third-order valence-corrected chi connectivity index (χ3v) is 16.8. The standard InChI is InChI=1S/C58H83N11O9S/c1-9-46-56(74)66(7)48-32-59-57(65-53(48)69(46)43-12-10-11-13-43)63-45-19-18-41(30-49(45)75-8)54(72)62-42-20-22-67(23-21-42)24-25-76-26-27-77-28-29-78-35-51(71)64-50(58(4,5)6)34-68-33-44(70)31-47(68)55(73)61-37(2)39-14-16-40(17-15-39)52-38(3)60-36-79-52/h14-19,30,32,36-37,42-44,46-47,50,70H,9-13,20-29,31,33-35H2,1-8H3,(H,61,73)(H,62,72)(H,64,71)(H,59,63,65)/t37-,44-,46-,47+,50-/m1/s1. The Labute approximate surface area is 469 Å². The number of nitrogens with zero attached hydrogens (tertiary/aromatic N) is 7. The van der Waals surface area contributed by atoms with Gasteiger partial charge in [0, 0.05) is 63.5 Å². The van der Waals surface area contributed by atoms with E-state index < -0.39 is 12.1 Å². The van der Waals surface area contributed by atoms with Crippen LogP contribution in [0.1, 0.15) is 114 Å². The molecule has 1 aliphatic carbocycles. The minimum absolute atomic E-state index is 0.0427. The van der Waals surface area contributed by atoms with E-state index in [0.717, 1.165) is 85.7 Å². The number of anilines is 4. The van der Waals surface area contributed by atoms with Crippen LogP contribution in [0.4, 0.5) is 23.1 Å². The van der Waals surface area contributed by atoms with E-state index in [1.54, 1.807) is 54.8 Å². The second-order valence-electron chi connectivity index (χ2n) is 22.4. The summed E-state index contributed by atoms with van der Waals surface area (Å²) < 4.78 is 23.0. The minimum Gasteiger partial charge on any atom is -0.495 e. The largest absolute Gasteiger partial charge is 0.495 e. The maximum Gasteiger partial charge on any atom is 0.251 e. The number of hydrogen-bond acceptors (Lipinski definition) is 17. The van der Waals surface area contributed by atoms with Crippen LogP contribution >= 0.6 is 11.3 Å². The van der Waals surface area contributed by atoms with Gasteiger partial charge in [0.15, 0.2) is 5.82 Å². The van der Waals surface area contributed by atoms with E-state index in [1.165, 1.54) is 0 Å². The number of ether oxygens (including phenoxy) is 4. The SMILES string of the molecule is CC[C@@H]1C(=O)N(C)c2cnc(Nc3ccc(C(=O)NC4CCN(CCOCCOCCOCC(=O)N[C@H](CN5C[C@H](O)C[C@H]5C(=O)N[C@H](C)c5ccc(-c6scnc6C)cc5)C(C)(C)C)CC4)cc3OC)nc2N1C1CCCC1. The maximum atomic E-state index is 13.7. The van der Waals surface area contributed by atoms with E-state index in [9.17, 15) is 24.3 Å². The zero-order valence-corrected chi connectivity index (χ0v) is 48.2. The minimum atomic E-state index is -0.649.